The summed E-state index contributed by atoms with van der Waals surface area (Å²) in [6, 6.07) is 19.4. The number of aromatic nitrogens is 1. The Morgan fingerprint density at radius 1 is 0.955 bits per heavy atom. The van der Waals surface area contributed by atoms with Gasteiger partial charge in [-0.2, -0.15) is 0 Å². The van der Waals surface area contributed by atoms with Crippen molar-refractivity contribution in [2.45, 2.75) is 13.3 Å². The van der Waals surface area contributed by atoms with Crippen LogP contribution in [0, 0.1) is 6.92 Å². The fourth-order valence-corrected chi connectivity index (χ4v) is 2.56. The van der Waals surface area contributed by atoms with Gasteiger partial charge in [0.05, 0.1) is 0 Å². The van der Waals surface area contributed by atoms with Crippen molar-refractivity contribution in [3.05, 3.63) is 101 Å². The van der Waals surface area contributed by atoms with Gasteiger partial charge in [0.15, 0.2) is 5.78 Å². The van der Waals surface area contributed by atoms with Crippen LogP contribution in [0.15, 0.2) is 73.1 Å². The molecule has 0 saturated heterocycles. The van der Waals surface area contributed by atoms with E-state index in [1.54, 1.807) is 12.4 Å². The predicted octanol–water partition coefficient (Wildman–Crippen LogP) is 4.21. The summed E-state index contributed by atoms with van der Waals surface area (Å²) in [5.41, 5.74) is 4.87. The average molecular weight is 287 g/mol. The van der Waals surface area contributed by atoms with Crippen LogP contribution in [0.25, 0.3) is 0 Å². The van der Waals surface area contributed by atoms with E-state index >= 15 is 0 Å². The van der Waals surface area contributed by atoms with Crippen LogP contribution in [-0.4, -0.2) is 10.8 Å². The zero-order valence-electron chi connectivity index (χ0n) is 12.5. The summed E-state index contributed by atoms with van der Waals surface area (Å²) >= 11 is 0. The Morgan fingerprint density at radius 2 is 1.68 bits per heavy atom. The lowest BCUT2D eigenvalue weighted by Gasteiger charge is -2.10. The Kier molecular flexibility index (Phi) is 4.10. The zero-order chi connectivity index (χ0) is 15.4. The Labute approximate surface area is 130 Å². The van der Waals surface area contributed by atoms with Gasteiger partial charge in [0.2, 0.25) is 0 Å². The number of nitrogens with zero attached hydrogens (tertiary/aromatic N) is 1. The topological polar surface area (TPSA) is 30.0 Å². The van der Waals surface area contributed by atoms with Gasteiger partial charge in [-0.25, -0.2) is 0 Å². The molecule has 0 fully saturated rings. The summed E-state index contributed by atoms with van der Waals surface area (Å²) in [5, 5.41) is 0. The van der Waals surface area contributed by atoms with Gasteiger partial charge in [0.1, 0.15) is 0 Å². The number of aryl methyl sites for hydroxylation is 1. The maximum absolute atomic E-state index is 12.8. The predicted molar refractivity (Wildman–Crippen MR) is 88.1 cm³/mol. The van der Waals surface area contributed by atoms with Crippen molar-refractivity contribution in [2.75, 3.05) is 0 Å². The molecule has 3 rings (SSSR count). The van der Waals surface area contributed by atoms with Crippen LogP contribution in [0.3, 0.4) is 0 Å². The molecular formula is C20H17NO. The second-order valence-electron chi connectivity index (χ2n) is 5.39. The first-order chi connectivity index (χ1) is 10.7. The SMILES string of the molecule is Cc1ccc(C(=O)c2ccccc2)c(Cc2ccncc2)c1. The maximum Gasteiger partial charge on any atom is 0.193 e. The van der Waals surface area contributed by atoms with Crippen molar-refractivity contribution in [3.63, 3.8) is 0 Å². The van der Waals surface area contributed by atoms with E-state index < -0.39 is 0 Å². The Morgan fingerprint density at radius 3 is 2.41 bits per heavy atom. The van der Waals surface area contributed by atoms with Crippen molar-refractivity contribution < 1.29 is 4.79 Å². The molecule has 108 valence electrons. The summed E-state index contributed by atoms with van der Waals surface area (Å²) in [7, 11) is 0. The molecule has 2 heteroatoms. The minimum Gasteiger partial charge on any atom is -0.289 e. The quantitative estimate of drug-likeness (QED) is 0.673. The van der Waals surface area contributed by atoms with Gasteiger partial charge < -0.3 is 0 Å². The number of ketones is 1. The van der Waals surface area contributed by atoms with Crippen LogP contribution in [0.4, 0.5) is 0 Å². The smallest absolute Gasteiger partial charge is 0.193 e. The molecular weight excluding hydrogens is 270 g/mol. The van der Waals surface area contributed by atoms with Crippen LogP contribution in [0.2, 0.25) is 0 Å². The lowest BCUT2D eigenvalue weighted by Crippen LogP contribution is -2.06. The second kappa shape index (κ2) is 6.35. The summed E-state index contributed by atoms with van der Waals surface area (Å²) in [5.74, 6) is 0.0738. The van der Waals surface area contributed by atoms with Crippen molar-refractivity contribution in [2.24, 2.45) is 0 Å². The number of hydrogen-bond donors (Lipinski definition) is 0. The van der Waals surface area contributed by atoms with Crippen molar-refractivity contribution in [1.82, 2.24) is 4.98 Å². The van der Waals surface area contributed by atoms with Gasteiger partial charge in [-0.3, -0.25) is 9.78 Å². The van der Waals surface area contributed by atoms with E-state index in [4.69, 9.17) is 0 Å². The number of carbonyl (C=O) groups excluding carboxylic acids is 1. The Balaban J connectivity index is 1.99. The van der Waals surface area contributed by atoms with Crippen LogP contribution < -0.4 is 0 Å². The highest BCUT2D eigenvalue weighted by Gasteiger charge is 2.13. The fourth-order valence-electron chi connectivity index (χ4n) is 2.56. The number of rotatable bonds is 4. The fraction of sp³-hybridized carbons (Fsp3) is 0.100. The van der Waals surface area contributed by atoms with Gasteiger partial charge in [-0.05, 0) is 36.6 Å². The van der Waals surface area contributed by atoms with E-state index in [1.165, 1.54) is 0 Å². The summed E-state index contributed by atoms with van der Waals surface area (Å²) < 4.78 is 0. The molecule has 3 aromatic rings. The number of carbonyl (C=O) groups is 1. The third-order valence-electron chi connectivity index (χ3n) is 3.69. The van der Waals surface area contributed by atoms with Crippen LogP contribution in [0.1, 0.15) is 32.6 Å². The van der Waals surface area contributed by atoms with Crippen molar-refractivity contribution >= 4 is 5.78 Å². The number of pyridine rings is 1. The van der Waals surface area contributed by atoms with E-state index in [-0.39, 0.29) is 5.78 Å². The van der Waals surface area contributed by atoms with Gasteiger partial charge in [-0.1, -0.05) is 54.1 Å². The van der Waals surface area contributed by atoms with Gasteiger partial charge in [0, 0.05) is 23.5 Å². The normalized spacial score (nSPS) is 10.4. The standard InChI is InChI=1S/C20H17NO/c1-15-7-8-19(20(22)17-5-3-2-4-6-17)18(13-15)14-16-9-11-21-12-10-16/h2-13H,14H2,1H3. The molecule has 0 spiro atoms. The van der Waals surface area contributed by atoms with Crippen molar-refractivity contribution in [1.29, 1.82) is 0 Å². The summed E-state index contributed by atoms with van der Waals surface area (Å²) in [6.07, 6.45) is 4.30. The average Bonchev–Trinajstić information content (AvgIpc) is 2.56. The first-order valence-corrected chi connectivity index (χ1v) is 7.32. The van der Waals surface area contributed by atoms with E-state index in [2.05, 4.69) is 11.1 Å². The van der Waals surface area contributed by atoms with Gasteiger partial charge in [-0.15, -0.1) is 0 Å². The number of hydrogen-bond acceptors (Lipinski definition) is 2. The highest BCUT2D eigenvalue weighted by atomic mass is 16.1. The van der Waals surface area contributed by atoms with Gasteiger partial charge in [0.25, 0.3) is 0 Å². The molecule has 0 unspecified atom stereocenters. The molecule has 2 nitrogen and oxygen atoms in total. The van der Waals surface area contributed by atoms with E-state index in [1.807, 2.05) is 61.5 Å². The van der Waals surface area contributed by atoms with Crippen LogP contribution >= 0.6 is 0 Å². The third kappa shape index (κ3) is 3.12. The van der Waals surface area contributed by atoms with Crippen LogP contribution in [0.5, 0.6) is 0 Å². The molecule has 1 heterocycles. The molecule has 0 aliphatic heterocycles. The third-order valence-corrected chi connectivity index (χ3v) is 3.69. The molecule has 0 radical (unpaired) electrons. The lowest BCUT2D eigenvalue weighted by atomic mass is 9.93. The first kappa shape index (κ1) is 14.2. The van der Waals surface area contributed by atoms with E-state index in [0.29, 0.717) is 0 Å². The first-order valence-electron chi connectivity index (χ1n) is 7.32. The summed E-state index contributed by atoms with van der Waals surface area (Å²) in [4.78, 5) is 16.8. The van der Waals surface area contributed by atoms with Gasteiger partial charge >= 0.3 is 0 Å². The summed E-state index contributed by atoms with van der Waals surface area (Å²) in [6.45, 7) is 2.05. The monoisotopic (exact) mass is 287 g/mol. The van der Waals surface area contributed by atoms with Crippen LogP contribution in [-0.2, 0) is 6.42 Å². The van der Waals surface area contributed by atoms with Crippen molar-refractivity contribution in [3.8, 4) is 0 Å². The van der Waals surface area contributed by atoms with E-state index in [0.717, 1.165) is 34.2 Å². The molecule has 0 saturated carbocycles. The molecule has 0 aliphatic rings. The Bertz CT molecular complexity index is 779. The zero-order valence-corrected chi connectivity index (χ0v) is 12.5. The molecule has 2 aromatic carbocycles. The molecule has 0 atom stereocenters. The Hall–Kier alpha value is -2.74. The minimum atomic E-state index is 0.0738. The number of benzene rings is 2. The molecule has 22 heavy (non-hydrogen) atoms. The lowest BCUT2D eigenvalue weighted by molar-refractivity contribution is 0.103. The second-order valence-corrected chi connectivity index (χ2v) is 5.39. The molecule has 0 amide bonds. The highest BCUT2D eigenvalue weighted by Crippen LogP contribution is 2.19. The maximum atomic E-state index is 12.8. The van der Waals surface area contributed by atoms with E-state index in [9.17, 15) is 4.79 Å². The highest BCUT2D eigenvalue weighted by molar-refractivity contribution is 6.10. The molecule has 0 aliphatic carbocycles. The molecule has 0 bridgehead atoms. The molecule has 0 N–H and O–H groups in total. The minimum absolute atomic E-state index is 0.0738. The molecule has 1 aromatic heterocycles. The largest absolute Gasteiger partial charge is 0.289 e.